The van der Waals surface area contributed by atoms with Gasteiger partial charge in [-0.3, -0.25) is 4.79 Å². The number of carbonyl (C=O) groups excluding carboxylic acids is 2. The number of nitrogens with one attached hydrogen (secondary N) is 1. The molecule has 4 rings (SSSR count). The number of benzene rings is 1. The van der Waals surface area contributed by atoms with Gasteiger partial charge in [0.15, 0.2) is 0 Å². The van der Waals surface area contributed by atoms with Gasteiger partial charge in [-0.15, -0.1) is 5.10 Å². The number of aromatic nitrogens is 3. The van der Waals surface area contributed by atoms with E-state index in [0.29, 0.717) is 52.3 Å². The molecule has 1 spiro atoms. The molecule has 9 heteroatoms. The van der Waals surface area contributed by atoms with Crippen molar-refractivity contribution < 1.29 is 14.3 Å². The smallest absolute Gasteiger partial charge is 0.317 e. The van der Waals surface area contributed by atoms with Crippen LogP contribution in [-0.2, 0) is 35.6 Å². The number of likely N-dealkylation sites (tertiary alicyclic amines) is 1. The predicted molar refractivity (Wildman–Crippen MR) is 119 cm³/mol. The number of hydrogen-bond donors (Lipinski definition) is 1. The van der Waals surface area contributed by atoms with Crippen molar-refractivity contribution >= 4 is 11.9 Å². The first-order valence-electron chi connectivity index (χ1n) is 11.4. The Morgan fingerprint density at radius 3 is 2.72 bits per heavy atom. The number of aryl methyl sites for hydroxylation is 1. The molecule has 1 aromatic carbocycles. The lowest BCUT2D eigenvalue weighted by atomic mass is 10.0. The van der Waals surface area contributed by atoms with Crippen LogP contribution in [0.25, 0.3) is 0 Å². The molecule has 0 radical (unpaired) electrons. The minimum atomic E-state index is -0.412. The van der Waals surface area contributed by atoms with E-state index in [9.17, 15) is 9.59 Å². The van der Waals surface area contributed by atoms with Gasteiger partial charge < -0.3 is 19.9 Å². The third-order valence-electron chi connectivity index (χ3n) is 6.47. The first kappa shape index (κ1) is 22.3. The van der Waals surface area contributed by atoms with Crippen LogP contribution in [-0.4, -0.2) is 68.5 Å². The topological polar surface area (TPSA) is 92.6 Å². The van der Waals surface area contributed by atoms with Gasteiger partial charge in [-0.2, -0.15) is 0 Å². The maximum absolute atomic E-state index is 12.7. The molecule has 1 N–H and O–H groups in total. The summed E-state index contributed by atoms with van der Waals surface area (Å²) in [5.74, 6) is 0.165. The van der Waals surface area contributed by atoms with E-state index in [1.54, 1.807) is 4.90 Å². The van der Waals surface area contributed by atoms with E-state index in [2.05, 4.69) is 27.8 Å². The zero-order valence-electron chi connectivity index (χ0n) is 18.9. The average molecular weight is 441 g/mol. The largest absolute Gasteiger partial charge is 0.365 e. The van der Waals surface area contributed by atoms with Gasteiger partial charge in [0.05, 0.1) is 31.9 Å². The van der Waals surface area contributed by atoms with Crippen LogP contribution in [0, 0.1) is 0 Å². The molecule has 1 atom stereocenters. The van der Waals surface area contributed by atoms with Gasteiger partial charge in [0.25, 0.3) is 0 Å². The lowest BCUT2D eigenvalue weighted by Gasteiger charge is -2.34. The van der Waals surface area contributed by atoms with E-state index >= 15 is 0 Å². The van der Waals surface area contributed by atoms with Crippen LogP contribution in [0.15, 0.2) is 30.3 Å². The summed E-state index contributed by atoms with van der Waals surface area (Å²) in [7, 11) is 0. The maximum atomic E-state index is 12.7. The average Bonchev–Trinajstić information content (AvgIpc) is 3.41. The highest BCUT2D eigenvalue weighted by atomic mass is 16.5. The second-order valence-electron chi connectivity index (χ2n) is 8.49. The highest BCUT2D eigenvalue weighted by Gasteiger charge is 2.44. The van der Waals surface area contributed by atoms with Crippen LogP contribution in [0.1, 0.15) is 43.6 Å². The van der Waals surface area contributed by atoms with Crippen molar-refractivity contribution in [3.8, 4) is 0 Å². The zero-order valence-corrected chi connectivity index (χ0v) is 18.9. The number of urea groups is 1. The fourth-order valence-corrected chi connectivity index (χ4v) is 4.47. The van der Waals surface area contributed by atoms with Gasteiger partial charge in [-0.25, -0.2) is 9.48 Å². The summed E-state index contributed by atoms with van der Waals surface area (Å²) >= 11 is 0. The Hall–Kier alpha value is -2.94. The van der Waals surface area contributed by atoms with E-state index in [-0.39, 0.29) is 11.9 Å². The Labute approximate surface area is 188 Å². The van der Waals surface area contributed by atoms with Crippen LogP contribution in [0.4, 0.5) is 4.79 Å². The van der Waals surface area contributed by atoms with Crippen LogP contribution < -0.4 is 5.32 Å². The fourth-order valence-electron chi connectivity index (χ4n) is 4.47. The van der Waals surface area contributed by atoms with Gasteiger partial charge >= 0.3 is 6.03 Å². The molecule has 0 saturated carbocycles. The van der Waals surface area contributed by atoms with Crippen LogP contribution in [0.5, 0.6) is 0 Å². The molecule has 172 valence electrons. The second kappa shape index (κ2) is 9.68. The van der Waals surface area contributed by atoms with Crippen LogP contribution in [0.2, 0.25) is 0 Å². The van der Waals surface area contributed by atoms with Crippen LogP contribution in [0.3, 0.4) is 0 Å². The minimum Gasteiger partial charge on any atom is -0.365 e. The van der Waals surface area contributed by atoms with Gasteiger partial charge in [0, 0.05) is 26.1 Å². The first-order valence-corrected chi connectivity index (χ1v) is 11.4. The third-order valence-corrected chi connectivity index (χ3v) is 6.47. The van der Waals surface area contributed by atoms with E-state index in [1.165, 1.54) is 5.56 Å². The molecule has 1 fully saturated rings. The summed E-state index contributed by atoms with van der Waals surface area (Å²) in [6.07, 6.45) is 2.04. The molecule has 2 aliphatic rings. The summed E-state index contributed by atoms with van der Waals surface area (Å²) in [5.41, 5.74) is 2.39. The maximum Gasteiger partial charge on any atom is 0.317 e. The molecule has 0 aliphatic carbocycles. The Bertz CT molecular complexity index is 942. The zero-order chi connectivity index (χ0) is 22.6. The summed E-state index contributed by atoms with van der Waals surface area (Å²) in [6, 6.07) is 9.98. The van der Waals surface area contributed by atoms with Crippen molar-refractivity contribution in [3.63, 3.8) is 0 Å². The molecule has 1 aromatic heterocycles. The molecule has 1 unspecified atom stereocenters. The predicted octanol–water partition coefficient (Wildman–Crippen LogP) is 1.96. The Kier molecular flexibility index (Phi) is 6.74. The van der Waals surface area contributed by atoms with E-state index in [1.807, 2.05) is 41.6 Å². The molecule has 3 heterocycles. The standard InChI is InChI=1S/C23H32N6O3/c1-3-27(4-2)22(31)24-14-19-20-15-32-23(17-29(20)26-25-19)12-13-28(16-23)21(30)11-10-18-8-6-5-7-9-18/h5-9H,3-4,10-17H2,1-2H3,(H,24,31). The number of carbonyl (C=O) groups is 2. The van der Waals surface area contributed by atoms with Gasteiger partial charge in [0.1, 0.15) is 11.3 Å². The number of nitrogens with zero attached hydrogens (tertiary/aromatic N) is 5. The number of amides is 3. The quantitative estimate of drug-likeness (QED) is 0.711. The number of ether oxygens (including phenoxy) is 1. The third kappa shape index (κ3) is 4.77. The van der Waals surface area contributed by atoms with Crippen molar-refractivity contribution in [3.05, 3.63) is 47.3 Å². The number of fused-ring (bicyclic) bond motifs is 1. The first-order chi connectivity index (χ1) is 15.5. The molecule has 9 nitrogen and oxygen atoms in total. The van der Waals surface area contributed by atoms with Crippen molar-refractivity contribution in [1.29, 1.82) is 0 Å². The lowest BCUT2D eigenvalue weighted by Crippen LogP contribution is -2.45. The van der Waals surface area contributed by atoms with Crippen molar-refractivity contribution in [1.82, 2.24) is 30.1 Å². The SMILES string of the molecule is CCN(CC)C(=O)NCc1nnn2c1COC1(CCN(C(=O)CCc3ccccc3)C1)C2. The van der Waals surface area contributed by atoms with E-state index in [4.69, 9.17) is 4.74 Å². The lowest BCUT2D eigenvalue weighted by molar-refractivity contribution is -0.133. The molecular weight excluding hydrogens is 408 g/mol. The highest BCUT2D eigenvalue weighted by Crippen LogP contribution is 2.33. The minimum absolute atomic E-state index is 0.106. The van der Waals surface area contributed by atoms with E-state index in [0.717, 1.165) is 24.2 Å². The number of hydrogen-bond acceptors (Lipinski definition) is 5. The molecule has 2 aromatic rings. The van der Waals surface area contributed by atoms with Gasteiger partial charge in [-0.1, -0.05) is 35.5 Å². The summed E-state index contributed by atoms with van der Waals surface area (Å²) in [6.45, 7) is 7.78. The Morgan fingerprint density at radius 2 is 1.97 bits per heavy atom. The molecule has 1 saturated heterocycles. The normalized spacial score (nSPS) is 19.8. The Balaban J connectivity index is 1.31. The fraction of sp³-hybridized carbons (Fsp3) is 0.565. The molecule has 0 bridgehead atoms. The molecule has 32 heavy (non-hydrogen) atoms. The second-order valence-corrected chi connectivity index (χ2v) is 8.49. The van der Waals surface area contributed by atoms with Crippen molar-refractivity contribution in [2.45, 2.75) is 58.4 Å². The van der Waals surface area contributed by atoms with Gasteiger partial charge in [0.2, 0.25) is 5.91 Å². The van der Waals surface area contributed by atoms with Crippen molar-refractivity contribution in [2.24, 2.45) is 0 Å². The van der Waals surface area contributed by atoms with E-state index < -0.39 is 5.60 Å². The monoisotopic (exact) mass is 440 g/mol. The Morgan fingerprint density at radius 1 is 1.19 bits per heavy atom. The highest BCUT2D eigenvalue weighted by molar-refractivity contribution is 5.77. The van der Waals surface area contributed by atoms with Crippen LogP contribution >= 0.6 is 0 Å². The number of rotatable bonds is 7. The summed E-state index contributed by atoms with van der Waals surface area (Å²) < 4.78 is 8.15. The summed E-state index contributed by atoms with van der Waals surface area (Å²) in [5, 5.41) is 11.5. The van der Waals surface area contributed by atoms with Gasteiger partial charge in [-0.05, 0) is 32.3 Å². The summed E-state index contributed by atoms with van der Waals surface area (Å²) in [4.78, 5) is 28.6. The van der Waals surface area contributed by atoms with Crippen molar-refractivity contribution in [2.75, 3.05) is 26.2 Å². The molecule has 2 aliphatic heterocycles. The molecule has 3 amide bonds. The molecular formula is C23H32N6O3.